The highest BCUT2D eigenvalue weighted by atomic mass is 16.1. The number of amides is 1. The van der Waals surface area contributed by atoms with Gasteiger partial charge in [0.15, 0.2) is 0 Å². The Kier molecular flexibility index (Phi) is 4.23. The predicted molar refractivity (Wildman–Crippen MR) is 70.1 cm³/mol. The van der Waals surface area contributed by atoms with Gasteiger partial charge in [0.2, 0.25) is 5.91 Å². The largest absolute Gasteiger partial charge is 0.323 e. The molecule has 4 nitrogen and oxygen atoms in total. The normalized spacial score (nSPS) is 11.4. The molecule has 4 heteroatoms. The van der Waals surface area contributed by atoms with E-state index in [1.54, 1.807) is 0 Å². The van der Waals surface area contributed by atoms with Gasteiger partial charge in [-0.1, -0.05) is 0 Å². The van der Waals surface area contributed by atoms with E-state index in [2.05, 4.69) is 15.6 Å². The SMILES string of the molecule is Cc1ccc(NC(=O)CNC(C)(C)C)c(C)n1. The molecule has 0 fully saturated rings. The second-order valence-electron chi connectivity index (χ2n) is 5.24. The van der Waals surface area contributed by atoms with Crippen molar-refractivity contribution in [3.05, 3.63) is 23.5 Å². The van der Waals surface area contributed by atoms with Crippen LogP contribution in [-0.4, -0.2) is 23.0 Å². The molecule has 0 saturated carbocycles. The fourth-order valence-electron chi connectivity index (χ4n) is 1.36. The maximum absolute atomic E-state index is 11.7. The van der Waals surface area contributed by atoms with Gasteiger partial charge in [-0.2, -0.15) is 0 Å². The Labute approximate surface area is 103 Å². The maximum Gasteiger partial charge on any atom is 0.238 e. The first-order chi connectivity index (χ1) is 7.78. The number of nitrogens with one attached hydrogen (secondary N) is 2. The van der Waals surface area contributed by atoms with Crippen LogP contribution in [-0.2, 0) is 4.79 Å². The molecule has 17 heavy (non-hydrogen) atoms. The van der Waals surface area contributed by atoms with Crippen molar-refractivity contribution in [2.45, 2.75) is 40.2 Å². The van der Waals surface area contributed by atoms with Crippen molar-refractivity contribution >= 4 is 11.6 Å². The van der Waals surface area contributed by atoms with E-state index in [1.165, 1.54) is 0 Å². The lowest BCUT2D eigenvalue weighted by molar-refractivity contribution is -0.115. The zero-order valence-corrected chi connectivity index (χ0v) is 11.2. The molecule has 0 aliphatic heterocycles. The lowest BCUT2D eigenvalue weighted by Crippen LogP contribution is -2.41. The van der Waals surface area contributed by atoms with E-state index in [9.17, 15) is 4.79 Å². The summed E-state index contributed by atoms with van der Waals surface area (Å²) in [6.07, 6.45) is 0. The molecule has 0 spiro atoms. The molecule has 0 radical (unpaired) electrons. The third kappa shape index (κ3) is 4.95. The summed E-state index contributed by atoms with van der Waals surface area (Å²) in [6.45, 7) is 10.2. The highest BCUT2D eigenvalue weighted by Gasteiger charge is 2.12. The van der Waals surface area contributed by atoms with Gasteiger partial charge >= 0.3 is 0 Å². The van der Waals surface area contributed by atoms with Crippen molar-refractivity contribution in [2.24, 2.45) is 0 Å². The van der Waals surface area contributed by atoms with Crippen molar-refractivity contribution in [1.82, 2.24) is 10.3 Å². The number of aryl methyl sites for hydroxylation is 2. The number of anilines is 1. The van der Waals surface area contributed by atoms with Crippen LogP contribution in [0.1, 0.15) is 32.2 Å². The van der Waals surface area contributed by atoms with Crippen LogP contribution in [0.15, 0.2) is 12.1 Å². The average molecular weight is 235 g/mol. The minimum absolute atomic E-state index is 0.0475. The minimum Gasteiger partial charge on any atom is -0.323 e. The molecule has 0 aliphatic rings. The van der Waals surface area contributed by atoms with Crippen LogP contribution in [0.4, 0.5) is 5.69 Å². The van der Waals surface area contributed by atoms with Crippen LogP contribution in [0.25, 0.3) is 0 Å². The number of pyridine rings is 1. The molecule has 0 unspecified atom stereocenters. The fourth-order valence-corrected chi connectivity index (χ4v) is 1.36. The number of hydrogen-bond acceptors (Lipinski definition) is 3. The van der Waals surface area contributed by atoms with Gasteiger partial charge in [0.1, 0.15) is 0 Å². The van der Waals surface area contributed by atoms with E-state index < -0.39 is 0 Å². The van der Waals surface area contributed by atoms with Crippen molar-refractivity contribution < 1.29 is 4.79 Å². The standard InChI is InChI=1S/C13H21N3O/c1-9-6-7-11(10(2)15-9)16-12(17)8-14-13(3,4)5/h6-7,14H,8H2,1-5H3,(H,16,17). The van der Waals surface area contributed by atoms with Crippen LogP contribution in [0.2, 0.25) is 0 Å². The molecule has 94 valence electrons. The number of carbonyl (C=O) groups excluding carboxylic acids is 1. The molecule has 2 N–H and O–H groups in total. The fraction of sp³-hybridized carbons (Fsp3) is 0.538. The first-order valence-corrected chi connectivity index (χ1v) is 5.77. The molecule has 0 bridgehead atoms. The summed E-state index contributed by atoms with van der Waals surface area (Å²) >= 11 is 0. The number of aromatic nitrogens is 1. The first-order valence-electron chi connectivity index (χ1n) is 5.77. The third-order valence-corrected chi connectivity index (χ3v) is 2.28. The van der Waals surface area contributed by atoms with E-state index >= 15 is 0 Å². The third-order valence-electron chi connectivity index (χ3n) is 2.28. The van der Waals surface area contributed by atoms with Crippen molar-refractivity contribution in [3.8, 4) is 0 Å². The number of carbonyl (C=O) groups is 1. The van der Waals surface area contributed by atoms with Gasteiger partial charge in [0, 0.05) is 11.2 Å². The number of nitrogens with zero attached hydrogens (tertiary/aromatic N) is 1. The zero-order valence-electron chi connectivity index (χ0n) is 11.2. The molecule has 0 atom stereocenters. The summed E-state index contributed by atoms with van der Waals surface area (Å²) < 4.78 is 0. The summed E-state index contributed by atoms with van der Waals surface area (Å²) in [5, 5.41) is 5.99. The quantitative estimate of drug-likeness (QED) is 0.842. The Bertz CT molecular complexity index is 408. The molecule has 1 amide bonds. The van der Waals surface area contributed by atoms with E-state index in [0.29, 0.717) is 6.54 Å². The summed E-state index contributed by atoms with van der Waals surface area (Å²) in [4.78, 5) is 16.0. The summed E-state index contributed by atoms with van der Waals surface area (Å²) in [5.74, 6) is -0.0475. The Balaban J connectivity index is 2.57. The molecular formula is C13H21N3O. The van der Waals surface area contributed by atoms with E-state index in [0.717, 1.165) is 17.1 Å². The van der Waals surface area contributed by atoms with Crippen LogP contribution in [0.3, 0.4) is 0 Å². The second-order valence-corrected chi connectivity index (χ2v) is 5.24. The number of rotatable bonds is 3. The lowest BCUT2D eigenvalue weighted by Gasteiger charge is -2.20. The van der Waals surface area contributed by atoms with Crippen molar-refractivity contribution in [1.29, 1.82) is 0 Å². The van der Waals surface area contributed by atoms with Gasteiger partial charge in [-0.15, -0.1) is 0 Å². The molecule has 1 rings (SSSR count). The van der Waals surface area contributed by atoms with E-state index in [1.807, 2.05) is 46.8 Å². The molecule has 0 saturated heterocycles. The Morgan fingerprint density at radius 2 is 1.94 bits per heavy atom. The Morgan fingerprint density at radius 3 is 2.47 bits per heavy atom. The van der Waals surface area contributed by atoms with Crippen LogP contribution < -0.4 is 10.6 Å². The van der Waals surface area contributed by atoms with E-state index in [-0.39, 0.29) is 11.4 Å². The second kappa shape index (κ2) is 5.27. The topological polar surface area (TPSA) is 54.0 Å². The van der Waals surface area contributed by atoms with E-state index in [4.69, 9.17) is 0 Å². The molecule has 1 aromatic heterocycles. The van der Waals surface area contributed by atoms with Gasteiger partial charge in [-0.25, -0.2) is 0 Å². The first kappa shape index (κ1) is 13.6. The highest BCUT2D eigenvalue weighted by Crippen LogP contribution is 2.12. The molecule has 1 aromatic rings. The average Bonchev–Trinajstić information content (AvgIpc) is 2.18. The summed E-state index contributed by atoms with van der Waals surface area (Å²) in [6, 6.07) is 3.77. The molecular weight excluding hydrogens is 214 g/mol. The molecule has 0 aromatic carbocycles. The maximum atomic E-state index is 11.7. The van der Waals surface area contributed by atoms with Gasteiger partial charge in [-0.05, 0) is 46.8 Å². The van der Waals surface area contributed by atoms with Crippen LogP contribution >= 0.6 is 0 Å². The van der Waals surface area contributed by atoms with Gasteiger partial charge in [-0.3, -0.25) is 9.78 Å². The van der Waals surface area contributed by atoms with Gasteiger partial charge in [0.05, 0.1) is 17.9 Å². The molecule has 1 heterocycles. The Hall–Kier alpha value is -1.42. The summed E-state index contributed by atoms with van der Waals surface area (Å²) in [7, 11) is 0. The van der Waals surface area contributed by atoms with Gasteiger partial charge < -0.3 is 10.6 Å². The monoisotopic (exact) mass is 235 g/mol. The number of hydrogen-bond donors (Lipinski definition) is 2. The van der Waals surface area contributed by atoms with Gasteiger partial charge in [0.25, 0.3) is 0 Å². The smallest absolute Gasteiger partial charge is 0.238 e. The Morgan fingerprint density at radius 1 is 1.29 bits per heavy atom. The lowest BCUT2D eigenvalue weighted by atomic mass is 10.1. The zero-order chi connectivity index (χ0) is 13.1. The van der Waals surface area contributed by atoms with Crippen molar-refractivity contribution in [3.63, 3.8) is 0 Å². The highest BCUT2D eigenvalue weighted by molar-refractivity contribution is 5.92. The summed E-state index contributed by atoms with van der Waals surface area (Å²) in [5.41, 5.74) is 2.51. The van der Waals surface area contributed by atoms with Crippen LogP contribution in [0.5, 0.6) is 0 Å². The molecule has 0 aliphatic carbocycles. The minimum atomic E-state index is -0.0576. The van der Waals surface area contributed by atoms with Crippen LogP contribution in [0, 0.1) is 13.8 Å². The predicted octanol–water partition coefficient (Wildman–Crippen LogP) is 2.03. The van der Waals surface area contributed by atoms with Crippen molar-refractivity contribution in [2.75, 3.05) is 11.9 Å².